The molecule has 1 saturated heterocycles. The largest absolute Gasteiger partial charge is 0.347 e. The van der Waals surface area contributed by atoms with Crippen molar-refractivity contribution in [3.8, 4) is 0 Å². The van der Waals surface area contributed by atoms with E-state index in [4.69, 9.17) is 0 Å². The highest BCUT2D eigenvalue weighted by molar-refractivity contribution is 5.82. The van der Waals surface area contributed by atoms with Crippen molar-refractivity contribution in [1.29, 1.82) is 0 Å². The van der Waals surface area contributed by atoms with Gasteiger partial charge in [0.05, 0.1) is 10.9 Å². The van der Waals surface area contributed by atoms with Gasteiger partial charge in [-0.05, 0) is 31.2 Å². The number of piperidine rings is 1. The number of anilines is 1. The lowest BCUT2D eigenvalue weighted by Crippen LogP contribution is -2.40. The first-order valence-corrected chi connectivity index (χ1v) is 9.30. The summed E-state index contributed by atoms with van der Waals surface area (Å²) in [5.74, 6) is 1.74. The molecule has 2 fully saturated rings. The fraction of sp³-hybridized carbons (Fsp3) is 0.579. The van der Waals surface area contributed by atoms with Gasteiger partial charge in [-0.15, -0.1) is 0 Å². The molecule has 7 heteroatoms. The first-order valence-electron chi connectivity index (χ1n) is 9.30. The van der Waals surface area contributed by atoms with Crippen molar-refractivity contribution in [3.63, 3.8) is 0 Å². The van der Waals surface area contributed by atoms with Gasteiger partial charge >= 0.3 is 0 Å². The van der Waals surface area contributed by atoms with Gasteiger partial charge in [0, 0.05) is 50.9 Å². The summed E-state index contributed by atoms with van der Waals surface area (Å²) in [5, 5.41) is 0.495. The van der Waals surface area contributed by atoms with Crippen LogP contribution < -0.4 is 10.5 Å². The molecule has 4 rings (SSSR count). The zero-order valence-corrected chi connectivity index (χ0v) is 15.5. The van der Waals surface area contributed by atoms with Gasteiger partial charge in [0.25, 0.3) is 5.56 Å². The Kier molecular flexibility index (Phi) is 4.17. The first-order chi connectivity index (χ1) is 12.4. The van der Waals surface area contributed by atoms with Crippen LogP contribution in [0.5, 0.6) is 0 Å². The van der Waals surface area contributed by atoms with Gasteiger partial charge in [0.15, 0.2) is 0 Å². The van der Waals surface area contributed by atoms with Gasteiger partial charge < -0.3 is 14.8 Å². The third-order valence-electron chi connectivity index (χ3n) is 5.60. The quantitative estimate of drug-likeness (QED) is 0.907. The van der Waals surface area contributed by atoms with Gasteiger partial charge in [-0.1, -0.05) is 6.92 Å². The minimum atomic E-state index is -0.165. The normalized spacial score (nSPS) is 25.3. The molecule has 0 spiro atoms. The average Bonchev–Trinajstić information content (AvgIpc) is 3.37. The Morgan fingerprint density at radius 1 is 1.38 bits per heavy atom. The van der Waals surface area contributed by atoms with E-state index in [1.165, 1.54) is 0 Å². The molecule has 1 amide bonds. The first kappa shape index (κ1) is 17.0. The number of aromatic amines is 1. The minimum absolute atomic E-state index is 0.150. The topological polar surface area (TPSA) is 82.2 Å². The van der Waals surface area contributed by atoms with E-state index < -0.39 is 0 Å². The van der Waals surface area contributed by atoms with Crippen LogP contribution in [0.1, 0.15) is 37.8 Å². The van der Waals surface area contributed by atoms with Crippen LogP contribution in [0.4, 0.5) is 5.95 Å². The number of H-pyrrole nitrogens is 1. The Labute approximate surface area is 152 Å². The molecule has 138 valence electrons. The van der Waals surface area contributed by atoms with Crippen molar-refractivity contribution < 1.29 is 4.79 Å². The second-order valence-corrected chi connectivity index (χ2v) is 7.86. The molecule has 26 heavy (non-hydrogen) atoms. The van der Waals surface area contributed by atoms with Crippen molar-refractivity contribution >= 4 is 22.8 Å². The maximum absolute atomic E-state index is 12.6. The molecule has 1 aliphatic carbocycles. The Hall–Kier alpha value is -2.44. The molecule has 0 radical (unpaired) electrons. The molecule has 1 saturated carbocycles. The van der Waals surface area contributed by atoms with Crippen LogP contribution in [0.25, 0.3) is 10.9 Å². The fourth-order valence-electron chi connectivity index (χ4n) is 3.82. The molecule has 0 aromatic carbocycles. The number of nitrogens with zero attached hydrogens (tertiary/aromatic N) is 4. The molecule has 0 unspecified atom stereocenters. The zero-order valence-electron chi connectivity index (χ0n) is 15.5. The van der Waals surface area contributed by atoms with E-state index in [1.807, 2.05) is 30.0 Å². The van der Waals surface area contributed by atoms with Crippen molar-refractivity contribution in [2.75, 3.05) is 32.1 Å². The molecule has 2 aromatic heterocycles. The number of likely N-dealkylation sites (tertiary alicyclic amines) is 1. The highest BCUT2D eigenvalue weighted by Gasteiger charge is 2.42. The summed E-state index contributed by atoms with van der Waals surface area (Å²) in [7, 11) is 3.75. The molecule has 3 heterocycles. The number of aromatic nitrogens is 3. The maximum atomic E-state index is 12.6. The van der Waals surface area contributed by atoms with Crippen LogP contribution >= 0.6 is 0 Å². The summed E-state index contributed by atoms with van der Waals surface area (Å²) >= 11 is 0. The van der Waals surface area contributed by atoms with Crippen molar-refractivity contribution in [1.82, 2.24) is 19.9 Å². The van der Waals surface area contributed by atoms with Gasteiger partial charge in [-0.3, -0.25) is 9.59 Å². The molecule has 2 aliphatic rings. The summed E-state index contributed by atoms with van der Waals surface area (Å²) < 4.78 is 0. The Balaban J connectivity index is 1.62. The van der Waals surface area contributed by atoms with Crippen LogP contribution in [0.2, 0.25) is 0 Å². The van der Waals surface area contributed by atoms with Gasteiger partial charge in [-0.25, -0.2) is 9.97 Å². The standard InChI is InChI=1S/C19H25N5O2/c1-11-7-13(11)18(26)24-6-4-5-12(10-24)15-8-16-14(17(25)21-15)9-20-19(22-16)23(2)3/h8-9,11-13H,4-7,10H2,1-3H3,(H,21,25)/t11-,12+,13-/m1/s1. The Morgan fingerprint density at radius 2 is 2.15 bits per heavy atom. The lowest BCUT2D eigenvalue weighted by atomic mass is 9.93. The molecule has 3 atom stereocenters. The van der Waals surface area contributed by atoms with Crippen LogP contribution in [0, 0.1) is 11.8 Å². The number of hydrogen-bond donors (Lipinski definition) is 1. The lowest BCUT2D eigenvalue weighted by molar-refractivity contribution is -0.134. The summed E-state index contributed by atoms with van der Waals surface area (Å²) in [4.78, 5) is 40.6. The third kappa shape index (κ3) is 3.06. The van der Waals surface area contributed by atoms with Crippen LogP contribution in [0.15, 0.2) is 17.1 Å². The number of carbonyl (C=O) groups excluding carboxylic acids is 1. The highest BCUT2D eigenvalue weighted by Crippen LogP contribution is 2.40. The number of rotatable bonds is 3. The van der Waals surface area contributed by atoms with E-state index in [9.17, 15) is 9.59 Å². The van der Waals surface area contributed by atoms with Crippen LogP contribution in [-0.4, -0.2) is 52.9 Å². The molecular weight excluding hydrogens is 330 g/mol. The van der Waals surface area contributed by atoms with Gasteiger partial charge in [-0.2, -0.15) is 0 Å². The molecule has 2 aromatic rings. The second-order valence-electron chi connectivity index (χ2n) is 7.86. The third-order valence-corrected chi connectivity index (χ3v) is 5.60. The summed E-state index contributed by atoms with van der Waals surface area (Å²) in [6.45, 7) is 3.63. The van der Waals surface area contributed by atoms with Gasteiger partial charge in [0.1, 0.15) is 0 Å². The van der Waals surface area contributed by atoms with E-state index in [1.54, 1.807) is 6.20 Å². The molecular formula is C19H25N5O2. The smallest absolute Gasteiger partial charge is 0.259 e. The number of carbonyl (C=O) groups is 1. The molecule has 7 nitrogen and oxygen atoms in total. The monoisotopic (exact) mass is 355 g/mol. The fourth-order valence-corrected chi connectivity index (χ4v) is 3.82. The van der Waals surface area contributed by atoms with E-state index in [0.717, 1.165) is 31.5 Å². The number of nitrogens with one attached hydrogen (secondary N) is 1. The van der Waals surface area contributed by atoms with Crippen LogP contribution in [-0.2, 0) is 4.79 Å². The number of hydrogen-bond acceptors (Lipinski definition) is 5. The Bertz CT molecular complexity index is 906. The molecule has 0 bridgehead atoms. The minimum Gasteiger partial charge on any atom is -0.347 e. The average molecular weight is 355 g/mol. The number of pyridine rings is 1. The highest BCUT2D eigenvalue weighted by atomic mass is 16.2. The summed E-state index contributed by atoms with van der Waals surface area (Å²) in [6, 6.07) is 1.95. The van der Waals surface area contributed by atoms with E-state index in [2.05, 4.69) is 21.9 Å². The van der Waals surface area contributed by atoms with E-state index in [0.29, 0.717) is 29.3 Å². The van der Waals surface area contributed by atoms with Gasteiger partial charge in [0.2, 0.25) is 11.9 Å². The number of fused-ring (bicyclic) bond motifs is 1. The van der Waals surface area contributed by atoms with Crippen molar-refractivity contribution in [3.05, 3.63) is 28.3 Å². The lowest BCUT2D eigenvalue weighted by Gasteiger charge is -2.33. The van der Waals surface area contributed by atoms with Crippen molar-refractivity contribution in [2.24, 2.45) is 11.8 Å². The summed E-state index contributed by atoms with van der Waals surface area (Å²) in [6.07, 6.45) is 4.52. The SMILES string of the molecule is C[C@@H]1C[C@H]1C(=O)N1CCC[C@H](c2cc3nc(N(C)C)ncc3c(=O)[nH]2)C1. The number of amides is 1. The van der Waals surface area contributed by atoms with E-state index in [-0.39, 0.29) is 23.3 Å². The zero-order chi connectivity index (χ0) is 18.4. The predicted molar refractivity (Wildman–Crippen MR) is 100 cm³/mol. The maximum Gasteiger partial charge on any atom is 0.259 e. The second kappa shape index (κ2) is 6.37. The van der Waals surface area contributed by atoms with E-state index >= 15 is 0 Å². The van der Waals surface area contributed by atoms with Crippen molar-refractivity contribution in [2.45, 2.75) is 32.1 Å². The summed E-state index contributed by atoms with van der Waals surface area (Å²) in [5.41, 5.74) is 1.36. The van der Waals surface area contributed by atoms with Crippen LogP contribution in [0.3, 0.4) is 0 Å². The predicted octanol–water partition coefficient (Wildman–Crippen LogP) is 1.75. The molecule has 1 aliphatic heterocycles. The Morgan fingerprint density at radius 3 is 2.85 bits per heavy atom. The molecule has 1 N–H and O–H groups in total.